The van der Waals surface area contributed by atoms with E-state index in [0.29, 0.717) is 47.7 Å². The Bertz CT molecular complexity index is 1470. The molecule has 11 heteroatoms. The Balaban J connectivity index is 1.27. The van der Waals surface area contributed by atoms with Gasteiger partial charge in [-0.15, -0.1) is 5.10 Å². The number of likely N-dealkylation sites (tertiary alicyclic amines) is 1. The van der Waals surface area contributed by atoms with Gasteiger partial charge in [-0.25, -0.2) is 28.4 Å². The van der Waals surface area contributed by atoms with Crippen LogP contribution >= 0.6 is 0 Å². The molecule has 1 fully saturated rings. The lowest BCUT2D eigenvalue weighted by Crippen LogP contribution is -2.40. The predicted molar refractivity (Wildman–Crippen MR) is 144 cm³/mol. The minimum absolute atomic E-state index is 0.0244. The van der Waals surface area contributed by atoms with Crippen LogP contribution in [0.5, 0.6) is 11.6 Å². The summed E-state index contributed by atoms with van der Waals surface area (Å²) in [6.07, 6.45) is 5.12. The van der Waals surface area contributed by atoms with Crippen LogP contribution in [0.2, 0.25) is 0 Å². The van der Waals surface area contributed by atoms with E-state index in [4.69, 9.17) is 9.47 Å². The van der Waals surface area contributed by atoms with Gasteiger partial charge in [0.25, 0.3) is 0 Å². The Morgan fingerprint density at radius 3 is 2.45 bits per heavy atom. The van der Waals surface area contributed by atoms with Crippen molar-refractivity contribution in [1.82, 2.24) is 29.6 Å². The van der Waals surface area contributed by atoms with Crippen molar-refractivity contribution in [2.75, 3.05) is 27.3 Å². The Morgan fingerprint density at radius 2 is 1.73 bits per heavy atom. The van der Waals surface area contributed by atoms with E-state index in [1.54, 1.807) is 25.3 Å². The van der Waals surface area contributed by atoms with Gasteiger partial charge < -0.3 is 14.4 Å². The molecule has 208 valence electrons. The van der Waals surface area contributed by atoms with Crippen molar-refractivity contribution in [3.8, 4) is 34.4 Å². The highest BCUT2D eigenvalue weighted by Gasteiger charge is 2.25. The molecule has 0 saturated carbocycles. The molecule has 1 amide bonds. The zero-order valence-corrected chi connectivity index (χ0v) is 22.4. The monoisotopic (exact) mass is 548 g/mol. The molecule has 3 heterocycles. The van der Waals surface area contributed by atoms with Gasteiger partial charge >= 0.3 is 0 Å². The van der Waals surface area contributed by atoms with Gasteiger partial charge in [0, 0.05) is 36.0 Å². The molecule has 0 unspecified atom stereocenters. The van der Waals surface area contributed by atoms with Crippen LogP contribution in [0, 0.1) is 17.6 Å². The molecule has 9 nitrogen and oxygen atoms in total. The molecular weight excluding hydrogens is 518 g/mol. The summed E-state index contributed by atoms with van der Waals surface area (Å²) in [6.45, 7) is 1.28. The number of hydrogen-bond donors (Lipinski definition) is 0. The van der Waals surface area contributed by atoms with Crippen LogP contribution in [0.25, 0.3) is 22.8 Å². The number of piperidine rings is 1. The predicted octanol–water partition coefficient (Wildman–Crippen LogP) is 4.57. The van der Waals surface area contributed by atoms with Gasteiger partial charge in [0.2, 0.25) is 11.8 Å². The second kappa shape index (κ2) is 12.2. The lowest BCUT2D eigenvalue weighted by Gasteiger charge is -2.32. The molecule has 2 aromatic carbocycles. The summed E-state index contributed by atoms with van der Waals surface area (Å²) in [5.41, 5.74) is 2.09. The molecule has 0 bridgehead atoms. The van der Waals surface area contributed by atoms with E-state index < -0.39 is 5.82 Å². The second-order valence-electron chi connectivity index (χ2n) is 9.69. The summed E-state index contributed by atoms with van der Waals surface area (Å²) < 4.78 is 39.4. The average molecular weight is 549 g/mol. The maximum Gasteiger partial charge on any atom is 0.244 e. The Kier molecular flexibility index (Phi) is 8.28. The fourth-order valence-corrected chi connectivity index (χ4v) is 4.86. The summed E-state index contributed by atoms with van der Waals surface area (Å²) in [4.78, 5) is 28.2. The van der Waals surface area contributed by atoms with Crippen LogP contribution in [0.4, 0.5) is 8.78 Å². The fraction of sp³-hybridized carbons (Fsp3) is 0.345. The molecule has 0 spiro atoms. The average Bonchev–Trinajstić information content (AvgIpc) is 3.40. The van der Waals surface area contributed by atoms with Crippen molar-refractivity contribution in [3.05, 3.63) is 72.2 Å². The van der Waals surface area contributed by atoms with E-state index in [-0.39, 0.29) is 24.0 Å². The normalized spacial score (nSPS) is 13.8. The van der Waals surface area contributed by atoms with Crippen molar-refractivity contribution in [2.45, 2.75) is 32.2 Å². The van der Waals surface area contributed by atoms with Gasteiger partial charge in [0.05, 0.1) is 14.2 Å². The Hall–Kier alpha value is -4.41. The van der Waals surface area contributed by atoms with Gasteiger partial charge in [-0.2, -0.15) is 0 Å². The molecule has 0 radical (unpaired) electrons. The van der Waals surface area contributed by atoms with Crippen molar-refractivity contribution < 1.29 is 23.0 Å². The number of aromatic nitrogens is 5. The zero-order chi connectivity index (χ0) is 28.1. The van der Waals surface area contributed by atoms with E-state index >= 15 is 0 Å². The van der Waals surface area contributed by atoms with E-state index in [0.717, 1.165) is 31.4 Å². The fourth-order valence-electron chi connectivity index (χ4n) is 4.86. The molecule has 2 aromatic heterocycles. The summed E-state index contributed by atoms with van der Waals surface area (Å²) in [5, 5.41) is 4.58. The number of carbonyl (C=O) groups excluding carboxylic acids is 1. The van der Waals surface area contributed by atoms with E-state index in [1.165, 1.54) is 42.4 Å². The number of benzene rings is 2. The molecule has 0 aliphatic carbocycles. The van der Waals surface area contributed by atoms with Crippen molar-refractivity contribution in [2.24, 2.45) is 5.92 Å². The molecule has 1 aliphatic heterocycles. The first-order valence-corrected chi connectivity index (χ1v) is 13.1. The van der Waals surface area contributed by atoms with E-state index in [9.17, 15) is 13.6 Å². The second-order valence-corrected chi connectivity index (χ2v) is 9.69. The molecule has 1 saturated heterocycles. The van der Waals surface area contributed by atoms with Crippen LogP contribution in [0.1, 0.15) is 25.0 Å². The first kappa shape index (κ1) is 27.2. The topological polar surface area (TPSA) is 95.3 Å². The van der Waals surface area contributed by atoms with Crippen LogP contribution in [-0.2, 0) is 17.8 Å². The first-order chi connectivity index (χ1) is 19.4. The van der Waals surface area contributed by atoms with E-state index in [2.05, 4.69) is 20.1 Å². The lowest BCUT2D eigenvalue weighted by molar-refractivity contribution is -0.133. The van der Waals surface area contributed by atoms with E-state index in [1.807, 2.05) is 11.0 Å². The largest absolute Gasteiger partial charge is 0.494 e. The smallest absolute Gasteiger partial charge is 0.244 e. The number of ether oxygens (including phenoxy) is 2. The number of hydrogen-bond acceptors (Lipinski definition) is 7. The lowest BCUT2D eigenvalue weighted by atomic mass is 9.91. The van der Waals surface area contributed by atoms with Crippen molar-refractivity contribution >= 4 is 5.91 Å². The van der Waals surface area contributed by atoms with Gasteiger partial charge in [-0.05, 0) is 74.1 Å². The maximum atomic E-state index is 14.0. The van der Waals surface area contributed by atoms with Gasteiger partial charge in [0.1, 0.15) is 18.7 Å². The minimum atomic E-state index is -0.500. The number of aryl methyl sites for hydroxylation is 1. The third kappa shape index (κ3) is 6.24. The van der Waals surface area contributed by atoms with Gasteiger partial charge in [-0.1, -0.05) is 0 Å². The molecular formula is C29H30F2N6O3. The number of rotatable bonds is 9. The number of amides is 1. The third-order valence-corrected chi connectivity index (χ3v) is 7.15. The first-order valence-electron chi connectivity index (χ1n) is 13.1. The molecule has 4 aromatic rings. The Morgan fingerprint density at radius 1 is 0.975 bits per heavy atom. The standard InChI is InChI=1S/C29H30F2N6O3/c1-39-25-15-21(6-10-24(25)31)28-34-29(20-4-7-22(30)8-5-20)37(35-28)17-27(38)36-13-11-19(12-14-36)3-9-23-16-26(40-2)33-18-32-23/h4-8,10,15-16,18-19H,3,9,11-14,17H2,1-2H3. The van der Waals surface area contributed by atoms with Crippen LogP contribution in [-0.4, -0.2) is 62.8 Å². The summed E-state index contributed by atoms with van der Waals surface area (Å²) in [7, 11) is 2.97. The number of halogens is 2. The van der Waals surface area contributed by atoms with Gasteiger partial charge in [0.15, 0.2) is 23.2 Å². The highest BCUT2D eigenvalue weighted by Crippen LogP contribution is 2.28. The number of methoxy groups -OCH3 is 2. The SMILES string of the molecule is COc1cc(CCC2CCN(C(=O)Cn3nc(-c4ccc(F)c(OC)c4)nc3-c3ccc(F)cc3)CC2)ncn1. The zero-order valence-electron chi connectivity index (χ0n) is 22.4. The van der Waals surface area contributed by atoms with Crippen molar-refractivity contribution in [3.63, 3.8) is 0 Å². The Labute approximate surface area is 230 Å². The summed E-state index contributed by atoms with van der Waals surface area (Å²) >= 11 is 0. The van der Waals surface area contributed by atoms with Crippen LogP contribution in [0.3, 0.4) is 0 Å². The summed E-state index contributed by atoms with van der Waals surface area (Å²) in [5.74, 6) is 0.889. The number of nitrogens with zero attached hydrogens (tertiary/aromatic N) is 6. The van der Waals surface area contributed by atoms with Crippen molar-refractivity contribution in [1.29, 1.82) is 0 Å². The highest BCUT2D eigenvalue weighted by molar-refractivity contribution is 5.77. The highest BCUT2D eigenvalue weighted by atomic mass is 19.1. The molecule has 40 heavy (non-hydrogen) atoms. The molecule has 0 N–H and O–H groups in total. The number of carbonyl (C=O) groups is 1. The molecule has 1 aliphatic rings. The van der Waals surface area contributed by atoms with Gasteiger partial charge in [-0.3, -0.25) is 4.79 Å². The maximum absolute atomic E-state index is 14.0. The van der Waals surface area contributed by atoms with Crippen LogP contribution < -0.4 is 9.47 Å². The minimum Gasteiger partial charge on any atom is -0.494 e. The molecule has 0 atom stereocenters. The molecule has 5 rings (SSSR count). The third-order valence-electron chi connectivity index (χ3n) is 7.15. The summed E-state index contributed by atoms with van der Waals surface area (Å²) in [6, 6.07) is 12.0. The van der Waals surface area contributed by atoms with Crippen LogP contribution in [0.15, 0.2) is 54.9 Å². The quantitative estimate of drug-likeness (QED) is 0.302.